The Bertz CT molecular complexity index is 1350. The van der Waals surface area contributed by atoms with Gasteiger partial charge in [-0.05, 0) is 81.0 Å². The second kappa shape index (κ2) is 9.73. The van der Waals surface area contributed by atoms with Crippen molar-refractivity contribution in [2.75, 3.05) is 11.9 Å². The first-order valence-electron chi connectivity index (χ1n) is 14.2. The van der Waals surface area contributed by atoms with Gasteiger partial charge >= 0.3 is 6.09 Å². The van der Waals surface area contributed by atoms with Crippen molar-refractivity contribution in [1.29, 1.82) is 0 Å². The highest BCUT2D eigenvalue weighted by Crippen LogP contribution is 2.48. The number of nitrogens with zero attached hydrogens (tertiary/aromatic N) is 2. The first-order chi connectivity index (χ1) is 19.1. The molecule has 2 saturated carbocycles. The fraction of sp³-hybridized carbons (Fsp3) is 0.484. The van der Waals surface area contributed by atoms with E-state index in [1.165, 1.54) is 0 Å². The molecular formula is C31H36N4O5. The Labute approximate surface area is 234 Å². The number of amides is 4. The van der Waals surface area contributed by atoms with Gasteiger partial charge in [-0.3, -0.25) is 14.4 Å². The van der Waals surface area contributed by atoms with Crippen molar-refractivity contribution in [2.45, 2.75) is 76.1 Å². The predicted molar refractivity (Wildman–Crippen MR) is 148 cm³/mol. The van der Waals surface area contributed by atoms with Crippen LogP contribution < -0.4 is 11.1 Å². The summed E-state index contributed by atoms with van der Waals surface area (Å²) in [5.74, 6) is -0.0962. The molecule has 0 bridgehead atoms. The van der Waals surface area contributed by atoms with E-state index in [-0.39, 0.29) is 30.8 Å². The maximum atomic E-state index is 13.9. The van der Waals surface area contributed by atoms with Crippen molar-refractivity contribution >= 4 is 29.5 Å². The van der Waals surface area contributed by atoms with Gasteiger partial charge in [0.2, 0.25) is 17.4 Å². The topological polar surface area (TPSA) is 122 Å². The third kappa shape index (κ3) is 4.87. The zero-order valence-electron chi connectivity index (χ0n) is 23.0. The van der Waals surface area contributed by atoms with Crippen LogP contribution in [-0.2, 0) is 37.7 Å². The maximum absolute atomic E-state index is 13.9. The van der Waals surface area contributed by atoms with E-state index < -0.39 is 23.1 Å². The molecule has 1 spiro atoms. The van der Waals surface area contributed by atoms with E-state index in [9.17, 15) is 19.2 Å². The summed E-state index contributed by atoms with van der Waals surface area (Å²) < 4.78 is 5.77. The monoisotopic (exact) mass is 544 g/mol. The molecule has 9 heteroatoms. The quantitative estimate of drug-likeness (QED) is 0.497. The summed E-state index contributed by atoms with van der Waals surface area (Å²) >= 11 is 0. The minimum atomic E-state index is -1.45. The van der Waals surface area contributed by atoms with Crippen molar-refractivity contribution in [2.24, 2.45) is 17.6 Å². The van der Waals surface area contributed by atoms with Crippen molar-refractivity contribution < 1.29 is 23.9 Å². The van der Waals surface area contributed by atoms with E-state index >= 15 is 0 Å². The molecular weight excluding hydrogens is 508 g/mol. The van der Waals surface area contributed by atoms with E-state index in [4.69, 9.17) is 10.5 Å². The van der Waals surface area contributed by atoms with Crippen LogP contribution in [0.4, 0.5) is 10.5 Å². The van der Waals surface area contributed by atoms with Gasteiger partial charge in [0.05, 0.1) is 5.54 Å². The van der Waals surface area contributed by atoms with Crippen molar-refractivity contribution in [1.82, 2.24) is 9.80 Å². The number of ether oxygens (including phenoxy) is 1. The van der Waals surface area contributed by atoms with Gasteiger partial charge < -0.3 is 20.7 Å². The lowest BCUT2D eigenvalue weighted by Crippen LogP contribution is -2.49. The molecule has 40 heavy (non-hydrogen) atoms. The van der Waals surface area contributed by atoms with Gasteiger partial charge in [0.15, 0.2) is 0 Å². The minimum absolute atomic E-state index is 0.134. The molecule has 4 amide bonds. The van der Waals surface area contributed by atoms with Gasteiger partial charge in [-0.1, -0.05) is 36.4 Å². The summed E-state index contributed by atoms with van der Waals surface area (Å²) in [6.45, 7) is 3.36. The van der Waals surface area contributed by atoms with Gasteiger partial charge in [0, 0.05) is 30.3 Å². The lowest BCUT2D eigenvalue weighted by atomic mass is 9.94. The number of carbonyl (C=O) groups excluding carboxylic acids is 4. The number of nitrogens with two attached hydrogens (primary N) is 1. The number of benzene rings is 2. The largest absolute Gasteiger partial charge is 0.427 e. The smallest absolute Gasteiger partial charge is 0.418 e. The van der Waals surface area contributed by atoms with Crippen molar-refractivity contribution in [3.8, 4) is 0 Å². The van der Waals surface area contributed by atoms with Crippen LogP contribution in [0.3, 0.4) is 0 Å². The molecule has 1 aliphatic heterocycles. The SMILES string of the molecule is CC(C)(N)C(=O)Nc1ccc2c(c1)CCC21OC(=O)N(CC(=O)N(Cc2ccccc2)C(C2CC2)C2CC2)C1=O. The van der Waals surface area contributed by atoms with Crippen LogP contribution in [0.1, 0.15) is 62.6 Å². The summed E-state index contributed by atoms with van der Waals surface area (Å²) in [6.07, 6.45) is 4.42. The molecule has 0 radical (unpaired) electrons. The Hall–Kier alpha value is -3.72. The highest BCUT2D eigenvalue weighted by molar-refractivity contribution is 6.06. The highest BCUT2D eigenvalue weighted by Gasteiger charge is 2.59. The van der Waals surface area contributed by atoms with Gasteiger partial charge in [-0.25, -0.2) is 9.69 Å². The average Bonchev–Trinajstić information content (AvgIpc) is 3.85. The van der Waals surface area contributed by atoms with Crippen LogP contribution >= 0.6 is 0 Å². The molecule has 1 atom stereocenters. The lowest BCUT2D eigenvalue weighted by Gasteiger charge is -2.33. The van der Waals surface area contributed by atoms with Crippen LogP contribution in [0.2, 0.25) is 0 Å². The third-order valence-electron chi connectivity index (χ3n) is 8.58. The number of rotatable bonds is 9. The average molecular weight is 545 g/mol. The molecule has 3 aliphatic carbocycles. The first kappa shape index (κ1) is 26.5. The lowest BCUT2D eigenvalue weighted by molar-refractivity contribution is -0.143. The molecule has 1 unspecified atom stereocenters. The third-order valence-corrected chi connectivity index (χ3v) is 8.58. The number of nitrogens with one attached hydrogen (secondary N) is 1. The molecule has 0 aromatic heterocycles. The zero-order valence-corrected chi connectivity index (χ0v) is 23.0. The Kier molecular flexibility index (Phi) is 6.45. The molecule has 1 heterocycles. The summed E-state index contributed by atoms with van der Waals surface area (Å²) in [6, 6.07) is 15.2. The Morgan fingerprint density at radius 3 is 2.40 bits per heavy atom. The summed E-state index contributed by atoms with van der Waals surface area (Å²) in [5, 5.41) is 2.80. The Morgan fingerprint density at radius 2 is 1.77 bits per heavy atom. The number of hydrogen-bond acceptors (Lipinski definition) is 6. The Morgan fingerprint density at radius 1 is 1.10 bits per heavy atom. The van der Waals surface area contributed by atoms with Crippen LogP contribution in [0, 0.1) is 11.8 Å². The van der Waals surface area contributed by atoms with E-state index in [0.29, 0.717) is 36.1 Å². The molecule has 210 valence electrons. The maximum Gasteiger partial charge on any atom is 0.418 e. The predicted octanol–water partition coefficient (Wildman–Crippen LogP) is 3.70. The fourth-order valence-corrected chi connectivity index (χ4v) is 6.16. The molecule has 3 fully saturated rings. The van der Waals surface area contributed by atoms with Crippen LogP contribution in [0.15, 0.2) is 48.5 Å². The summed E-state index contributed by atoms with van der Waals surface area (Å²) in [7, 11) is 0. The van der Waals surface area contributed by atoms with Gasteiger partial charge in [-0.15, -0.1) is 0 Å². The van der Waals surface area contributed by atoms with E-state index in [2.05, 4.69) is 5.32 Å². The Balaban J connectivity index is 1.22. The number of aryl methyl sites for hydroxylation is 1. The molecule has 9 nitrogen and oxygen atoms in total. The molecule has 1 saturated heterocycles. The highest BCUT2D eigenvalue weighted by atomic mass is 16.6. The standard InChI is InChI=1S/C31H36N4O5/c1-30(2,32)27(37)33-23-12-13-24-22(16-23)14-15-31(24)28(38)35(29(39)40-31)18-25(36)34(17-19-6-4-3-5-7-19)26(20-8-9-20)21-10-11-21/h3-7,12-13,16,20-21,26H,8-11,14-15,17-18,32H2,1-2H3,(H,33,37). The molecule has 3 N–H and O–H groups in total. The second-order valence-corrected chi connectivity index (χ2v) is 12.3. The van der Waals surface area contributed by atoms with Crippen molar-refractivity contribution in [3.05, 3.63) is 65.2 Å². The minimum Gasteiger partial charge on any atom is -0.427 e. The molecule has 2 aromatic rings. The van der Waals surface area contributed by atoms with Crippen LogP contribution in [0.5, 0.6) is 0 Å². The second-order valence-electron chi connectivity index (χ2n) is 12.3. The van der Waals surface area contributed by atoms with E-state index in [1.54, 1.807) is 32.0 Å². The fourth-order valence-electron chi connectivity index (χ4n) is 6.16. The van der Waals surface area contributed by atoms with Gasteiger partial charge in [-0.2, -0.15) is 0 Å². The number of fused-ring (bicyclic) bond motifs is 2. The molecule has 6 rings (SSSR count). The molecule has 4 aliphatic rings. The van der Waals surface area contributed by atoms with Gasteiger partial charge in [0.1, 0.15) is 6.54 Å². The molecule has 2 aromatic carbocycles. The van der Waals surface area contributed by atoms with Crippen LogP contribution in [0.25, 0.3) is 0 Å². The van der Waals surface area contributed by atoms with Gasteiger partial charge in [0.25, 0.3) is 5.91 Å². The summed E-state index contributed by atoms with van der Waals surface area (Å²) in [5.41, 5.74) is 6.41. The van der Waals surface area contributed by atoms with Crippen LogP contribution in [-0.4, -0.2) is 51.7 Å². The first-order valence-corrected chi connectivity index (χ1v) is 14.2. The van der Waals surface area contributed by atoms with E-state index in [1.807, 2.05) is 35.2 Å². The zero-order chi connectivity index (χ0) is 28.2. The number of hydrogen-bond donors (Lipinski definition) is 2. The normalized spacial score (nSPS) is 22.1. The number of imide groups is 1. The number of carbonyl (C=O) groups is 4. The van der Waals surface area contributed by atoms with E-state index in [0.717, 1.165) is 41.7 Å². The number of anilines is 1. The van der Waals surface area contributed by atoms with Crippen molar-refractivity contribution in [3.63, 3.8) is 0 Å². The summed E-state index contributed by atoms with van der Waals surface area (Å²) in [4.78, 5) is 56.0.